The van der Waals surface area contributed by atoms with Crippen molar-refractivity contribution < 1.29 is 13.7 Å². The maximum Gasteiger partial charge on any atom is 0.257 e. The fourth-order valence-electron chi connectivity index (χ4n) is 2.85. The lowest BCUT2D eigenvalue weighted by Gasteiger charge is -2.22. The van der Waals surface area contributed by atoms with Crippen molar-refractivity contribution in [3.8, 4) is 11.5 Å². The molecule has 0 atom stereocenters. The number of benzene rings is 1. The number of aryl methyl sites for hydroxylation is 1. The average molecular weight is 374 g/mol. The smallest absolute Gasteiger partial charge is 0.257 e. The molecule has 0 unspecified atom stereocenters. The van der Waals surface area contributed by atoms with Crippen LogP contribution in [0.1, 0.15) is 27.5 Å². The highest BCUT2D eigenvalue weighted by Crippen LogP contribution is 2.20. The van der Waals surface area contributed by atoms with E-state index in [-0.39, 0.29) is 5.91 Å². The molecule has 0 fully saturated rings. The highest BCUT2D eigenvalue weighted by atomic mass is 16.5. The lowest BCUT2D eigenvalue weighted by atomic mass is 10.1. The molecule has 0 spiro atoms. The van der Waals surface area contributed by atoms with Gasteiger partial charge in [0.15, 0.2) is 5.82 Å². The van der Waals surface area contributed by atoms with E-state index >= 15 is 0 Å². The van der Waals surface area contributed by atoms with Crippen LogP contribution >= 0.6 is 0 Å². The van der Waals surface area contributed by atoms with Crippen LogP contribution in [0, 0.1) is 6.92 Å². The summed E-state index contributed by atoms with van der Waals surface area (Å²) < 4.78 is 10.6. The van der Waals surface area contributed by atoms with E-state index in [0.717, 1.165) is 16.9 Å². The number of furan rings is 1. The molecular formula is C21H18N4O3. The van der Waals surface area contributed by atoms with Gasteiger partial charge in [0.2, 0.25) is 0 Å². The molecule has 0 bridgehead atoms. The van der Waals surface area contributed by atoms with Gasteiger partial charge in [-0.1, -0.05) is 11.2 Å². The minimum atomic E-state index is -0.103. The minimum Gasteiger partial charge on any atom is -0.467 e. The van der Waals surface area contributed by atoms with Gasteiger partial charge < -0.3 is 13.8 Å². The van der Waals surface area contributed by atoms with Crippen LogP contribution in [0.4, 0.5) is 0 Å². The van der Waals surface area contributed by atoms with Crippen LogP contribution < -0.4 is 0 Å². The van der Waals surface area contributed by atoms with E-state index in [1.807, 2.05) is 24.3 Å². The molecule has 3 heterocycles. The number of carbonyl (C=O) groups is 1. The van der Waals surface area contributed by atoms with Gasteiger partial charge >= 0.3 is 0 Å². The van der Waals surface area contributed by atoms with Gasteiger partial charge in [-0.3, -0.25) is 9.78 Å². The zero-order chi connectivity index (χ0) is 19.3. The number of carbonyl (C=O) groups excluding carboxylic acids is 1. The summed E-state index contributed by atoms with van der Waals surface area (Å²) in [7, 11) is 0. The van der Waals surface area contributed by atoms with Crippen LogP contribution in [-0.4, -0.2) is 25.9 Å². The van der Waals surface area contributed by atoms with E-state index in [2.05, 4.69) is 15.1 Å². The summed E-state index contributed by atoms with van der Waals surface area (Å²) in [6.07, 6.45) is 5.06. The van der Waals surface area contributed by atoms with Gasteiger partial charge in [0, 0.05) is 30.1 Å². The van der Waals surface area contributed by atoms with Crippen molar-refractivity contribution in [1.82, 2.24) is 20.0 Å². The Morgan fingerprint density at radius 1 is 1.07 bits per heavy atom. The summed E-state index contributed by atoms with van der Waals surface area (Å²) in [5, 5.41) is 3.79. The lowest BCUT2D eigenvalue weighted by molar-refractivity contribution is 0.0717. The normalized spacial score (nSPS) is 10.8. The Bertz CT molecular complexity index is 1040. The van der Waals surface area contributed by atoms with Crippen molar-refractivity contribution in [2.24, 2.45) is 0 Å². The summed E-state index contributed by atoms with van der Waals surface area (Å²) in [6.45, 7) is 2.55. The standard InChI is InChI=1S/C21H18N4O3/c1-15-23-20(28-24-15)17-6-8-18(9-7-17)21(26)25(14-19-5-3-11-27-19)13-16-4-2-10-22-12-16/h2-12H,13-14H2,1H3. The fourth-order valence-corrected chi connectivity index (χ4v) is 2.85. The van der Waals surface area contributed by atoms with Crippen molar-refractivity contribution in [3.05, 3.63) is 89.9 Å². The van der Waals surface area contributed by atoms with Gasteiger partial charge in [0.25, 0.3) is 11.8 Å². The number of nitrogens with zero attached hydrogens (tertiary/aromatic N) is 4. The maximum atomic E-state index is 13.1. The van der Waals surface area contributed by atoms with Crippen LogP contribution in [0.2, 0.25) is 0 Å². The minimum absolute atomic E-state index is 0.103. The molecule has 4 rings (SSSR count). The van der Waals surface area contributed by atoms with Gasteiger partial charge in [0.1, 0.15) is 5.76 Å². The van der Waals surface area contributed by atoms with Crippen LogP contribution in [0.25, 0.3) is 11.5 Å². The fraction of sp³-hybridized carbons (Fsp3) is 0.143. The first-order valence-corrected chi connectivity index (χ1v) is 8.80. The SMILES string of the molecule is Cc1noc(-c2ccc(C(=O)N(Cc3cccnc3)Cc3ccco3)cc2)n1. The molecule has 0 aliphatic heterocycles. The zero-order valence-electron chi connectivity index (χ0n) is 15.3. The average Bonchev–Trinajstić information content (AvgIpc) is 3.40. The van der Waals surface area contributed by atoms with E-state index in [1.54, 1.807) is 54.7 Å². The second-order valence-electron chi connectivity index (χ2n) is 6.33. The van der Waals surface area contributed by atoms with Gasteiger partial charge in [-0.05, 0) is 55.0 Å². The van der Waals surface area contributed by atoms with Crippen LogP contribution in [-0.2, 0) is 13.1 Å². The second kappa shape index (κ2) is 7.87. The molecule has 0 saturated carbocycles. The molecule has 3 aromatic heterocycles. The number of hydrogen-bond acceptors (Lipinski definition) is 6. The summed E-state index contributed by atoms with van der Waals surface area (Å²) >= 11 is 0. The molecule has 1 amide bonds. The zero-order valence-corrected chi connectivity index (χ0v) is 15.3. The molecule has 140 valence electrons. The van der Waals surface area contributed by atoms with Crippen molar-refractivity contribution >= 4 is 5.91 Å². The van der Waals surface area contributed by atoms with E-state index < -0.39 is 0 Å². The highest BCUT2D eigenvalue weighted by molar-refractivity contribution is 5.94. The summed E-state index contributed by atoms with van der Waals surface area (Å²) in [6, 6.07) is 14.6. The Hall–Kier alpha value is -3.74. The van der Waals surface area contributed by atoms with E-state index in [0.29, 0.717) is 30.4 Å². The summed E-state index contributed by atoms with van der Waals surface area (Å²) in [5.41, 5.74) is 2.28. The summed E-state index contributed by atoms with van der Waals surface area (Å²) in [5.74, 6) is 1.61. The van der Waals surface area contributed by atoms with Crippen molar-refractivity contribution in [3.63, 3.8) is 0 Å². The Morgan fingerprint density at radius 2 is 1.93 bits per heavy atom. The van der Waals surface area contributed by atoms with E-state index in [9.17, 15) is 4.79 Å². The third-order valence-corrected chi connectivity index (χ3v) is 4.22. The third kappa shape index (κ3) is 3.98. The van der Waals surface area contributed by atoms with E-state index in [4.69, 9.17) is 8.94 Å². The number of hydrogen-bond donors (Lipinski definition) is 0. The van der Waals surface area contributed by atoms with Crippen LogP contribution in [0.15, 0.2) is 76.1 Å². The summed E-state index contributed by atoms with van der Waals surface area (Å²) in [4.78, 5) is 23.2. The Balaban J connectivity index is 1.57. The highest BCUT2D eigenvalue weighted by Gasteiger charge is 2.18. The molecule has 0 saturated heterocycles. The molecule has 1 aromatic carbocycles. The Morgan fingerprint density at radius 3 is 2.57 bits per heavy atom. The molecular weight excluding hydrogens is 356 g/mol. The van der Waals surface area contributed by atoms with Crippen molar-refractivity contribution in [1.29, 1.82) is 0 Å². The monoisotopic (exact) mass is 374 g/mol. The molecule has 7 heteroatoms. The Kier molecular flexibility index (Phi) is 4.97. The predicted molar refractivity (Wildman–Crippen MR) is 101 cm³/mol. The van der Waals surface area contributed by atoms with Gasteiger partial charge in [-0.15, -0.1) is 0 Å². The molecule has 0 aliphatic carbocycles. The molecule has 28 heavy (non-hydrogen) atoms. The van der Waals surface area contributed by atoms with Gasteiger partial charge in [-0.2, -0.15) is 4.98 Å². The number of pyridine rings is 1. The second-order valence-corrected chi connectivity index (χ2v) is 6.33. The number of rotatable bonds is 6. The van der Waals surface area contributed by atoms with Crippen LogP contribution in [0.3, 0.4) is 0 Å². The first kappa shape index (κ1) is 17.7. The Labute approximate surface area is 161 Å². The molecule has 4 aromatic rings. The van der Waals surface area contributed by atoms with Gasteiger partial charge in [0.05, 0.1) is 12.8 Å². The van der Waals surface area contributed by atoms with E-state index in [1.165, 1.54) is 0 Å². The van der Waals surface area contributed by atoms with Gasteiger partial charge in [-0.25, -0.2) is 0 Å². The molecule has 0 N–H and O–H groups in total. The van der Waals surface area contributed by atoms with Crippen LogP contribution in [0.5, 0.6) is 0 Å². The number of aromatic nitrogens is 3. The third-order valence-electron chi connectivity index (χ3n) is 4.22. The molecule has 0 aliphatic rings. The molecule has 7 nitrogen and oxygen atoms in total. The largest absolute Gasteiger partial charge is 0.467 e. The molecule has 0 radical (unpaired) electrons. The van der Waals surface area contributed by atoms with Crippen molar-refractivity contribution in [2.75, 3.05) is 0 Å². The predicted octanol–water partition coefficient (Wildman–Crippen LogP) is 3.88. The quantitative estimate of drug-likeness (QED) is 0.509. The first-order chi connectivity index (χ1) is 13.7. The number of amides is 1. The van der Waals surface area contributed by atoms with Crippen molar-refractivity contribution in [2.45, 2.75) is 20.0 Å². The maximum absolute atomic E-state index is 13.1. The lowest BCUT2D eigenvalue weighted by Crippen LogP contribution is -2.30. The topological polar surface area (TPSA) is 85.3 Å². The first-order valence-electron chi connectivity index (χ1n) is 8.80.